The highest BCUT2D eigenvalue weighted by molar-refractivity contribution is 5.97. The van der Waals surface area contributed by atoms with Crippen LogP contribution in [0.2, 0.25) is 0 Å². The van der Waals surface area contributed by atoms with E-state index in [4.69, 9.17) is 4.74 Å². The van der Waals surface area contributed by atoms with E-state index in [1.807, 2.05) is 38.4 Å². The second-order valence-electron chi connectivity index (χ2n) is 11.5. The van der Waals surface area contributed by atoms with Gasteiger partial charge in [-0.2, -0.15) is 0 Å². The minimum absolute atomic E-state index is 0. The Balaban J connectivity index is 0. The number of allylic oxidation sites excluding steroid dienone is 4. The second-order valence-corrected chi connectivity index (χ2v) is 11.5. The Morgan fingerprint density at radius 1 is 1.07 bits per heavy atom. The summed E-state index contributed by atoms with van der Waals surface area (Å²) in [5.74, 6) is 1.57. The van der Waals surface area contributed by atoms with E-state index in [2.05, 4.69) is 73.8 Å². The molecule has 1 aliphatic carbocycles. The number of hydrogen-bond donors (Lipinski definition) is 0. The van der Waals surface area contributed by atoms with E-state index < -0.39 is 0 Å². The van der Waals surface area contributed by atoms with Gasteiger partial charge in [-0.15, -0.1) is 0 Å². The molecule has 1 saturated carbocycles. The quantitative estimate of drug-likeness (QED) is 0.156. The Labute approximate surface area is 260 Å². The summed E-state index contributed by atoms with van der Waals surface area (Å²) in [5, 5.41) is 0. The van der Waals surface area contributed by atoms with Gasteiger partial charge in [0.05, 0.1) is 17.5 Å². The first kappa shape index (κ1) is 37.0. The number of carbonyl (C=O) groups is 1. The van der Waals surface area contributed by atoms with E-state index >= 15 is 0 Å². The fraction of sp³-hybridized carbons (Fsp3) is 0.526. The Kier molecular flexibility index (Phi) is 17.7. The van der Waals surface area contributed by atoms with Crippen molar-refractivity contribution in [2.75, 3.05) is 7.11 Å². The van der Waals surface area contributed by atoms with E-state index in [0.717, 1.165) is 74.9 Å². The molecule has 1 aromatic carbocycles. The summed E-state index contributed by atoms with van der Waals surface area (Å²) in [4.78, 5) is 17.2. The van der Waals surface area contributed by atoms with Crippen molar-refractivity contribution in [2.45, 2.75) is 105 Å². The van der Waals surface area contributed by atoms with Crippen molar-refractivity contribution < 1.29 is 12.4 Å². The maximum Gasteiger partial charge on any atom is 0.133 e. The van der Waals surface area contributed by atoms with Crippen LogP contribution in [0.1, 0.15) is 106 Å². The molecule has 0 amide bonds. The molecule has 2 aromatic rings. The van der Waals surface area contributed by atoms with E-state index in [-0.39, 0.29) is 10.3 Å². The Hall–Kier alpha value is -2.98. The van der Waals surface area contributed by atoms with Gasteiger partial charge in [0.2, 0.25) is 0 Å². The highest BCUT2D eigenvalue weighted by Gasteiger charge is 2.34. The smallest absolute Gasteiger partial charge is 0.133 e. The number of carbonyl (C=O) groups excluding carboxylic acids is 1. The molecule has 0 saturated heterocycles. The summed E-state index contributed by atoms with van der Waals surface area (Å²) < 4.78 is 7.62. The topological polar surface area (TPSA) is 43.6 Å². The van der Waals surface area contributed by atoms with E-state index in [9.17, 15) is 4.79 Å². The molecular formula is C38H62N2O2. The Bertz CT molecular complexity index is 1160. The summed E-state index contributed by atoms with van der Waals surface area (Å²) in [6.07, 6.45) is 15.7. The molecule has 1 unspecified atom stereocenters. The van der Waals surface area contributed by atoms with Gasteiger partial charge < -0.3 is 9.30 Å². The van der Waals surface area contributed by atoms with Crippen LogP contribution < -0.4 is 0 Å². The van der Waals surface area contributed by atoms with Crippen LogP contribution >= 0.6 is 0 Å². The zero-order valence-corrected chi connectivity index (χ0v) is 26.6. The summed E-state index contributed by atoms with van der Waals surface area (Å²) >= 11 is 0. The molecule has 4 nitrogen and oxygen atoms in total. The van der Waals surface area contributed by atoms with Crippen LogP contribution in [0.25, 0.3) is 0 Å². The zero-order chi connectivity index (χ0) is 30.2. The van der Waals surface area contributed by atoms with E-state index in [0.29, 0.717) is 30.1 Å². The molecule has 1 heterocycles. The maximum atomic E-state index is 12.6. The number of aliphatic imine (C=N–C) groups is 1. The van der Waals surface area contributed by atoms with Gasteiger partial charge in [-0.25, -0.2) is 0 Å². The normalized spacial score (nSPS) is 18.6. The van der Waals surface area contributed by atoms with Crippen LogP contribution in [0.3, 0.4) is 0 Å². The fourth-order valence-electron chi connectivity index (χ4n) is 5.65. The van der Waals surface area contributed by atoms with Crippen LogP contribution in [0.15, 0.2) is 84.2 Å². The second kappa shape index (κ2) is 20.0. The SMILES string of the molecule is C.C=C(CCc1ccc(CCCC(=O)CC2C[C@H](OC)C[C@H]2CC)cc1)N=C(C)c1cccn1C.C=C/C=C(/C)CC.[HH].[HH]. The van der Waals surface area contributed by atoms with Crippen LogP contribution in [0.4, 0.5) is 0 Å². The molecule has 3 atom stereocenters. The van der Waals surface area contributed by atoms with Crippen molar-refractivity contribution in [1.82, 2.24) is 4.57 Å². The number of methoxy groups -OCH3 is 1. The average molecular weight is 579 g/mol. The van der Waals surface area contributed by atoms with Gasteiger partial charge in [0.15, 0.2) is 0 Å². The molecule has 1 aromatic heterocycles. The molecule has 4 heteroatoms. The number of rotatable bonds is 15. The predicted octanol–water partition coefficient (Wildman–Crippen LogP) is 10.4. The molecule has 0 aliphatic heterocycles. The third-order valence-electron chi connectivity index (χ3n) is 8.39. The van der Waals surface area contributed by atoms with Gasteiger partial charge in [-0.1, -0.05) is 82.8 Å². The number of hydrogen-bond acceptors (Lipinski definition) is 3. The molecule has 236 valence electrons. The molecule has 0 N–H and O–H groups in total. The van der Waals surface area contributed by atoms with Crippen molar-refractivity contribution in [2.24, 2.45) is 23.9 Å². The highest BCUT2D eigenvalue weighted by atomic mass is 16.5. The first-order chi connectivity index (χ1) is 19.7. The third-order valence-corrected chi connectivity index (χ3v) is 8.39. The van der Waals surface area contributed by atoms with E-state index in [1.54, 1.807) is 7.11 Å². The molecule has 0 radical (unpaired) electrons. The minimum atomic E-state index is 0. The number of aromatic nitrogens is 1. The lowest BCUT2D eigenvalue weighted by Crippen LogP contribution is -2.13. The molecule has 0 spiro atoms. The van der Waals surface area contributed by atoms with Gasteiger partial charge in [0.25, 0.3) is 0 Å². The Morgan fingerprint density at radius 3 is 2.24 bits per heavy atom. The predicted molar refractivity (Wildman–Crippen MR) is 187 cm³/mol. The number of ether oxygens (including phenoxy) is 1. The van der Waals surface area contributed by atoms with Crippen molar-refractivity contribution in [3.8, 4) is 0 Å². The largest absolute Gasteiger partial charge is 0.381 e. The van der Waals surface area contributed by atoms with Crippen LogP contribution in [0.5, 0.6) is 0 Å². The lowest BCUT2D eigenvalue weighted by atomic mass is 9.88. The minimum Gasteiger partial charge on any atom is -0.381 e. The monoisotopic (exact) mass is 578 g/mol. The highest BCUT2D eigenvalue weighted by Crippen LogP contribution is 2.38. The van der Waals surface area contributed by atoms with Crippen LogP contribution in [0, 0.1) is 11.8 Å². The number of ketones is 1. The summed E-state index contributed by atoms with van der Waals surface area (Å²) in [5.41, 5.74) is 7.02. The van der Waals surface area contributed by atoms with Gasteiger partial charge in [-0.3, -0.25) is 9.79 Å². The number of Topliss-reactive ketones (excluding diaryl/α,β-unsaturated/α-hetero) is 1. The van der Waals surface area contributed by atoms with Gasteiger partial charge >= 0.3 is 0 Å². The number of aryl methyl sites for hydroxylation is 3. The Morgan fingerprint density at radius 2 is 1.71 bits per heavy atom. The maximum absolute atomic E-state index is 12.6. The average Bonchev–Trinajstić information content (AvgIpc) is 3.58. The molecule has 1 aliphatic rings. The number of benzene rings is 1. The van der Waals surface area contributed by atoms with Gasteiger partial charge in [0.1, 0.15) is 5.78 Å². The lowest BCUT2D eigenvalue weighted by molar-refractivity contribution is -0.120. The molecule has 1 fully saturated rings. The third kappa shape index (κ3) is 12.9. The summed E-state index contributed by atoms with van der Waals surface area (Å²) in [7, 11) is 3.83. The zero-order valence-electron chi connectivity index (χ0n) is 26.6. The van der Waals surface area contributed by atoms with Crippen LogP contribution in [-0.2, 0) is 29.4 Å². The van der Waals surface area contributed by atoms with Crippen molar-refractivity contribution >= 4 is 11.5 Å². The molecular weight excluding hydrogens is 516 g/mol. The first-order valence-corrected chi connectivity index (χ1v) is 15.5. The van der Waals surface area contributed by atoms with Crippen molar-refractivity contribution in [3.05, 3.63) is 96.0 Å². The van der Waals surface area contributed by atoms with Gasteiger partial charge in [0, 0.05) is 41.7 Å². The molecule has 0 bridgehead atoms. The molecule has 3 rings (SSSR count). The van der Waals surface area contributed by atoms with Crippen LogP contribution in [-0.4, -0.2) is 29.3 Å². The van der Waals surface area contributed by atoms with E-state index in [1.165, 1.54) is 16.7 Å². The summed E-state index contributed by atoms with van der Waals surface area (Å²) in [6, 6.07) is 12.9. The summed E-state index contributed by atoms with van der Waals surface area (Å²) in [6.45, 7) is 16.2. The fourth-order valence-corrected chi connectivity index (χ4v) is 5.65. The lowest BCUT2D eigenvalue weighted by Gasteiger charge is -2.16. The first-order valence-electron chi connectivity index (χ1n) is 15.5. The van der Waals surface area contributed by atoms with Crippen molar-refractivity contribution in [3.63, 3.8) is 0 Å². The van der Waals surface area contributed by atoms with Crippen molar-refractivity contribution in [1.29, 1.82) is 0 Å². The standard InChI is InChI=1S/C30H42N2O2.C7H12.CH4.2H2/c1-6-26-20-29(34-5)21-27(26)19-28(33)10-7-9-24-14-16-25(17-15-24)13-12-22(2)31-23(3)30-11-8-18-32(30)4;1-4-6-7(3)5-2;;;/h8,11,14-18,26-27,29H,2,6-7,9-10,12-13,19-21H2,1,3-5H3;4,6H,1,5H2,2-3H3;1H4;2*1H/b;7-6-;;;/t26-,27?,29-;;;;/m1..../s1. The number of nitrogens with zero attached hydrogens (tertiary/aromatic N) is 2. The van der Waals surface area contributed by atoms with Gasteiger partial charge in [-0.05, 0) is 93.9 Å². The molecule has 42 heavy (non-hydrogen) atoms.